The van der Waals surface area contributed by atoms with Gasteiger partial charge in [0.25, 0.3) is 0 Å². The van der Waals surface area contributed by atoms with Crippen molar-refractivity contribution in [1.29, 1.82) is 5.41 Å². The van der Waals surface area contributed by atoms with Crippen LogP contribution in [0, 0.1) is 5.41 Å². The van der Waals surface area contributed by atoms with E-state index in [1.807, 2.05) is 0 Å². The third-order valence-corrected chi connectivity index (χ3v) is 2.14. The summed E-state index contributed by atoms with van der Waals surface area (Å²) in [6.45, 7) is 1.60. The molecule has 0 aromatic heterocycles. The largest absolute Gasteiger partial charge is 0.481 e. The molecule has 0 aliphatic carbocycles. The van der Waals surface area contributed by atoms with Crippen molar-refractivity contribution in [1.82, 2.24) is 0 Å². The second kappa shape index (κ2) is 3.91. The molecule has 4 heteroatoms. The van der Waals surface area contributed by atoms with Gasteiger partial charge >= 0.3 is 5.97 Å². The lowest BCUT2D eigenvalue weighted by Gasteiger charge is -2.08. The van der Waals surface area contributed by atoms with E-state index in [0.717, 1.165) is 6.21 Å². The predicted octanol–water partition coefficient (Wildman–Crippen LogP) is 1.45. The van der Waals surface area contributed by atoms with Gasteiger partial charge in [-0.2, -0.15) is 0 Å². The molecule has 0 heterocycles. The first-order valence-electron chi connectivity index (χ1n) is 4.19. The van der Waals surface area contributed by atoms with Crippen molar-refractivity contribution in [3.8, 4) is 0 Å². The van der Waals surface area contributed by atoms with Gasteiger partial charge < -0.3 is 16.2 Å². The minimum atomic E-state index is -0.884. The molecule has 0 spiro atoms. The molecule has 4 N–H and O–H groups in total. The van der Waals surface area contributed by atoms with Crippen molar-refractivity contribution >= 4 is 17.9 Å². The molecule has 1 unspecified atom stereocenters. The van der Waals surface area contributed by atoms with Crippen LogP contribution in [0.2, 0.25) is 0 Å². The van der Waals surface area contributed by atoms with E-state index in [2.05, 4.69) is 0 Å². The van der Waals surface area contributed by atoms with Gasteiger partial charge in [-0.15, -0.1) is 0 Å². The maximum atomic E-state index is 10.7. The molecule has 14 heavy (non-hydrogen) atoms. The highest BCUT2D eigenvalue weighted by atomic mass is 16.4. The number of carbonyl (C=O) groups is 1. The number of nitrogens with one attached hydrogen (secondary N) is 1. The number of anilines is 1. The summed E-state index contributed by atoms with van der Waals surface area (Å²) < 4.78 is 0. The summed E-state index contributed by atoms with van der Waals surface area (Å²) in [5, 5.41) is 15.9. The smallest absolute Gasteiger partial charge is 0.310 e. The van der Waals surface area contributed by atoms with Gasteiger partial charge in [0.1, 0.15) is 0 Å². The van der Waals surface area contributed by atoms with E-state index in [1.54, 1.807) is 25.1 Å². The Kier molecular flexibility index (Phi) is 2.86. The molecule has 0 aliphatic heterocycles. The van der Waals surface area contributed by atoms with Crippen molar-refractivity contribution < 1.29 is 9.90 Å². The lowest BCUT2D eigenvalue weighted by atomic mass is 9.99. The maximum absolute atomic E-state index is 10.7. The minimum Gasteiger partial charge on any atom is -0.481 e. The van der Waals surface area contributed by atoms with Crippen molar-refractivity contribution in [2.75, 3.05) is 5.73 Å². The van der Waals surface area contributed by atoms with E-state index in [-0.39, 0.29) is 0 Å². The zero-order valence-electron chi connectivity index (χ0n) is 7.82. The van der Waals surface area contributed by atoms with E-state index >= 15 is 0 Å². The molecule has 0 fully saturated rings. The van der Waals surface area contributed by atoms with Gasteiger partial charge in [-0.1, -0.05) is 6.07 Å². The van der Waals surface area contributed by atoms with Crippen LogP contribution in [-0.2, 0) is 4.79 Å². The Morgan fingerprint density at radius 1 is 1.64 bits per heavy atom. The molecule has 0 radical (unpaired) electrons. The Bertz CT molecular complexity index is 374. The summed E-state index contributed by atoms with van der Waals surface area (Å²) in [6, 6.07) is 4.91. The molecule has 74 valence electrons. The first-order chi connectivity index (χ1) is 6.56. The molecule has 0 saturated heterocycles. The molecule has 4 nitrogen and oxygen atoms in total. The monoisotopic (exact) mass is 192 g/mol. The number of nitrogens with two attached hydrogens (primary N) is 1. The van der Waals surface area contributed by atoms with Crippen LogP contribution in [0.15, 0.2) is 18.2 Å². The summed E-state index contributed by atoms with van der Waals surface area (Å²) in [7, 11) is 0. The van der Waals surface area contributed by atoms with Crippen molar-refractivity contribution in [3.05, 3.63) is 29.3 Å². The Labute approximate surface area is 81.9 Å². The van der Waals surface area contributed by atoms with Crippen molar-refractivity contribution in [2.24, 2.45) is 0 Å². The molecule has 0 saturated carbocycles. The first kappa shape index (κ1) is 10.2. The molecular weight excluding hydrogens is 180 g/mol. The number of benzene rings is 1. The SMILES string of the molecule is CC(C(=O)O)c1ccc(N)c(C=N)c1. The lowest BCUT2D eigenvalue weighted by Crippen LogP contribution is -2.08. The van der Waals surface area contributed by atoms with E-state index in [1.165, 1.54) is 0 Å². The summed E-state index contributed by atoms with van der Waals surface area (Å²) in [4.78, 5) is 10.7. The van der Waals surface area contributed by atoms with E-state index in [0.29, 0.717) is 16.8 Å². The van der Waals surface area contributed by atoms with E-state index in [9.17, 15) is 4.79 Å². The highest BCUT2D eigenvalue weighted by molar-refractivity contribution is 5.86. The highest BCUT2D eigenvalue weighted by Gasteiger charge is 2.14. The van der Waals surface area contributed by atoms with Gasteiger partial charge in [0.15, 0.2) is 0 Å². The van der Waals surface area contributed by atoms with Crippen LogP contribution >= 0.6 is 0 Å². The number of aliphatic carboxylic acids is 1. The Balaban J connectivity index is 3.12. The standard InChI is InChI=1S/C10H12N2O2/c1-6(10(13)14)7-2-3-9(12)8(4-7)5-11/h2-6,11H,12H2,1H3,(H,13,14). The van der Waals surface area contributed by atoms with E-state index in [4.69, 9.17) is 16.2 Å². The summed E-state index contributed by atoms with van der Waals surface area (Å²) in [5.74, 6) is -1.46. The second-order valence-electron chi connectivity index (χ2n) is 3.09. The Morgan fingerprint density at radius 3 is 2.79 bits per heavy atom. The summed E-state index contributed by atoms with van der Waals surface area (Å²) in [6.07, 6.45) is 1.12. The molecule has 1 atom stereocenters. The molecular formula is C10H12N2O2. The quantitative estimate of drug-likeness (QED) is 0.500. The molecule has 0 aliphatic rings. The zero-order valence-corrected chi connectivity index (χ0v) is 7.82. The lowest BCUT2D eigenvalue weighted by molar-refractivity contribution is -0.138. The minimum absolute atomic E-state index is 0.487. The van der Waals surface area contributed by atoms with Gasteiger partial charge in [0.05, 0.1) is 5.92 Å². The van der Waals surface area contributed by atoms with Crippen molar-refractivity contribution in [3.63, 3.8) is 0 Å². The van der Waals surface area contributed by atoms with Gasteiger partial charge in [0.2, 0.25) is 0 Å². The third kappa shape index (κ3) is 1.90. The molecule has 0 amide bonds. The molecule has 1 rings (SSSR count). The Hall–Kier alpha value is -1.84. The number of nitrogen functional groups attached to an aromatic ring is 1. The summed E-state index contributed by atoms with van der Waals surface area (Å²) in [5.41, 5.74) is 7.27. The molecule has 0 bridgehead atoms. The fraction of sp³-hybridized carbons (Fsp3) is 0.200. The van der Waals surface area contributed by atoms with Gasteiger partial charge in [-0.05, 0) is 24.6 Å². The fourth-order valence-electron chi connectivity index (χ4n) is 1.13. The first-order valence-corrected chi connectivity index (χ1v) is 4.19. The van der Waals surface area contributed by atoms with Crippen molar-refractivity contribution in [2.45, 2.75) is 12.8 Å². The molecule has 1 aromatic carbocycles. The topological polar surface area (TPSA) is 87.2 Å². The van der Waals surface area contributed by atoms with Gasteiger partial charge in [-0.3, -0.25) is 4.79 Å². The number of carboxylic acids is 1. The maximum Gasteiger partial charge on any atom is 0.310 e. The van der Waals surface area contributed by atoms with Gasteiger partial charge in [-0.25, -0.2) is 0 Å². The number of hydrogen-bond donors (Lipinski definition) is 3. The van der Waals surface area contributed by atoms with Gasteiger partial charge in [0, 0.05) is 17.5 Å². The highest BCUT2D eigenvalue weighted by Crippen LogP contribution is 2.19. The van der Waals surface area contributed by atoms with Crippen LogP contribution in [0.3, 0.4) is 0 Å². The number of rotatable bonds is 3. The Morgan fingerprint density at radius 2 is 2.29 bits per heavy atom. The normalized spacial score (nSPS) is 12.1. The van der Waals surface area contributed by atoms with Crippen LogP contribution < -0.4 is 5.73 Å². The average Bonchev–Trinajstić information content (AvgIpc) is 2.17. The van der Waals surface area contributed by atoms with Crippen LogP contribution in [0.25, 0.3) is 0 Å². The fourth-order valence-corrected chi connectivity index (χ4v) is 1.13. The predicted molar refractivity (Wildman–Crippen MR) is 54.8 cm³/mol. The van der Waals surface area contributed by atoms with Crippen LogP contribution in [-0.4, -0.2) is 17.3 Å². The average molecular weight is 192 g/mol. The van der Waals surface area contributed by atoms with Crippen LogP contribution in [0.1, 0.15) is 24.0 Å². The van der Waals surface area contributed by atoms with Crippen LogP contribution in [0.5, 0.6) is 0 Å². The van der Waals surface area contributed by atoms with Crippen LogP contribution in [0.4, 0.5) is 5.69 Å². The summed E-state index contributed by atoms with van der Waals surface area (Å²) >= 11 is 0. The van der Waals surface area contributed by atoms with E-state index < -0.39 is 11.9 Å². The molecule has 1 aromatic rings. The second-order valence-corrected chi connectivity index (χ2v) is 3.09. The zero-order chi connectivity index (χ0) is 10.7. The third-order valence-electron chi connectivity index (χ3n) is 2.14. The number of hydrogen-bond acceptors (Lipinski definition) is 3. The number of carboxylic acid groups (broad SMARTS) is 1.